The van der Waals surface area contributed by atoms with Crippen molar-refractivity contribution < 1.29 is 37.0 Å². The highest BCUT2D eigenvalue weighted by atomic mass is 19.4. The Bertz CT molecular complexity index is 834. The Hall–Kier alpha value is -1.86. The largest absolute Gasteiger partial charge is 0.490 e. The maximum absolute atomic E-state index is 13.0. The number of carbonyl (C=O) groups excluding carboxylic acids is 3. The maximum atomic E-state index is 13.0. The van der Waals surface area contributed by atoms with Crippen molar-refractivity contribution in [3.05, 3.63) is 11.6 Å². The van der Waals surface area contributed by atoms with Crippen LogP contribution in [0.3, 0.4) is 0 Å². The van der Waals surface area contributed by atoms with Crippen LogP contribution in [0.15, 0.2) is 11.6 Å². The van der Waals surface area contributed by atoms with Gasteiger partial charge in [0, 0.05) is 18.8 Å². The first kappa shape index (κ1) is 22.3. The van der Waals surface area contributed by atoms with Gasteiger partial charge >= 0.3 is 18.1 Å². The molecule has 8 heteroatoms. The summed E-state index contributed by atoms with van der Waals surface area (Å²) >= 11 is 0. The monoisotopic (exact) mass is 442 g/mol. The minimum atomic E-state index is -5.12. The molecule has 3 fully saturated rings. The second kappa shape index (κ2) is 7.34. The molecule has 0 bridgehead atoms. The molecule has 2 unspecified atom stereocenters. The van der Waals surface area contributed by atoms with Crippen LogP contribution in [0.5, 0.6) is 0 Å². The molecule has 31 heavy (non-hydrogen) atoms. The molecule has 0 aromatic rings. The molecule has 4 aliphatic rings. The fourth-order valence-corrected chi connectivity index (χ4v) is 7.11. The van der Waals surface area contributed by atoms with Gasteiger partial charge < -0.3 is 9.47 Å². The minimum absolute atomic E-state index is 0.196. The van der Waals surface area contributed by atoms with Crippen molar-refractivity contribution in [1.29, 1.82) is 0 Å². The first-order valence-corrected chi connectivity index (χ1v) is 11.1. The zero-order valence-electron chi connectivity index (χ0n) is 18.1. The number of carbonyl (C=O) groups is 3. The van der Waals surface area contributed by atoms with E-state index in [0.29, 0.717) is 37.0 Å². The Labute approximate surface area is 179 Å². The first-order valence-electron chi connectivity index (χ1n) is 11.1. The summed E-state index contributed by atoms with van der Waals surface area (Å²) in [4.78, 5) is 35.8. The molecule has 0 spiro atoms. The number of halogens is 3. The van der Waals surface area contributed by atoms with Crippen LogP contribution in [-0.4, -0.2) is 36.1 Å². The summed E-state index contributed by atoms with van der Waals surface area (Å²) in [6, 6.07) is 0. The summed E-state index contributed by atoms with van der Waals surface area (Å²) in [5.41, 5.74) is -0.125. The number of hydrogen-bond acceptors (Lipinski definition) is 5. The van der Waals surface area contributed by atoms with E-state index in [9.17, 15) is 27.6 Å². The molecule has 0 heterocycles. The van der Waals surface area contributed by atoms with Crippen molar-refractivity contribution in [3.8, 4) is 0 Å². The third-order valence-corrected chi connectivity index (χ3v) is 8.61. The van der Waals surface area contributed by atoms with E-state index >= 15 is 0 Å². The van der Waals surface area contributed by atoms with Gasteiger partial charge in [-0.25, -0.2) is 4.79 Å². The number of hydrogen-bond donors (Lipinski definition) is 0. The van der Waals surface area contributed by atoms with Crippen molar-refractivity contribution in [2.45, 2.75) is 84.1 Å². The third kappa shape index (κ3) is 3.50. The number of ether oxygens (including phenoxy) is 2. The van der Waals surface area contributed by atoms with Crippen molar-refractivity contribution in [3.63, 3.8) is 0 Å². The Kier molecular flexibility index (Phi) is 5.29. The number of esters is 2. The SMILES string of the molecule is CC(=O)OC1CC[C@@]2(C)C(=CC[C@@H]3[C@H]2CC[C@]2(C)C(=O)CC[C@@H]32)C1OC(=O)C(F)(F)F. The Morgan fingerprint density at radius 2 is 1.68 bits per heavy atom. The van der Waals surface area contributed by atoms with Gasteiger partial charge in [0.25, 0.3) is 0 Å². The van der Waals surface area contributed by atoms with Gasteiger partial charge in [0.15, 0.2) is 6.10 Å². The van der Waals surface area contributed by atoms with Crippen LogP contribution in [0.25, 0.3) is 0 Å². The molecule has 5 nitrogen and oxygen atoms in total. The smallest absolute Gasteiger partial charge is 0.458 e. The average Bonchev–Trinajstić information content (AvgIpc) is 2.97. The number of allylic oxidation sites excluding steroid dienone is 1. The average molecular weight is 442 g/mol. The number of ketones is 1. The third-order valence-electron chi connectivity index (χ3n) is 8.61. The summed E-state index contributed by atoms with van der Waals surface area (Å²) < 4.78 is 49.1. The molecule has 0 aromatic heterocycles. The quantitative estimate of drug-likeness (QED) is 0.464. The van der Waals surface area contributed by atoms with Gasteiger partial charge in [-0.05, 0) is 67.3 Å². The lowest BCUT2D eigenvalue weighted by molar-refractivity contribution is -0.212. The first-order chi connectivity index (χ1) is 14.4. The van der Waals surface area contributed by atoms with Crippen molar-refractivity contribution >= 4 is 17.7 Å². The molecule has 0 aromatic carbocycles. The van der Waals surface area contributed by atoms with Crippen LogP contribution < -0.4 is 0 Å². The topological polar surface area (TPSA) is 69.7 Å². The Balaban J connectivity index is 1.68. The molecule has 4 rings (SSSR count). The van der Waals surface area contributed by atoms with Crippen LogP contribution in [0.1, 0.15) is 65.7 Å². The predicted octanol–water partition coefficient (Wildman–Crippen LogP) is 4.53. The molecule has 3 saturated carbocycles. The number of fused-ring (bicyclic) bond motifs is 5. The predicted molar refractivity (Wildman–Crippen MR) is 104 cm³/mol. The Morgan fingerprint density at radius 1 is 1.03 bits per heavy atom. The second-order valence-corrected chi connectivity index (χ2v) is 10.1. The van der Waals surface area contributed by atoms with Gasteiger partial charge in [0.2, 0.25) is 0 Å². The van der Waals surface area contributed by atoms with Gasteiger partial charge in [-0.3, -0.25) is 9.59 Å². The highest BCUT2D eigenvalue weighted by molar-refractivity contribution is 5.87. The lowest BCUT2D eigenvalue weighted by Gasteiger charge is -2.57. The summed E-state index contributed by atoms with van der Waals surface area (Å²) in [5, 5.41) is 0. The van der Waals surface area contributed by atoms with Gasteiger partial charge in [-0.1, -0.05) is 19.9 Å². The summed E-state index contributed by atoms with van der Waals surface area (Å²) in [6.07, 6.45) is -0.744. The summed E-state index contributed by atoms with van der Waals surface area (Å²) in [6.45, 7) is 5.30. The lowest BCUT2D eigenvalue weighted by atomic mass is 9.47. The fourth-order valence-electron chi connectivity index (χ4n) is 7.11. The van der Waals surface area contributed by atoms with Gasteiger partial charge in [-0.2, -0.15) is 13.2 Å². The van der Waals surface area contributed by atoms with Crippen LogP contribution in [0, 0.1) is 28.6 Å². The van der Waals surface area contributed by atoms with E-state index in [1.165, 1.54) is 6.92 Å². The second-order valence-electron chi connectivity index (χ2n) is 10.1. The Morgan fingerprint density at radius 3 is 2.32 bits per heavy atom. The fraction of sp³-hybridized carbons (Fsp3) is 0.783. The molecular weight excluding hydrogens is 413 g/mol. The van der Waals surface area contributed by atoms with E-state index in [-0.39, 0.29) is 23.2 Å². The van der Waals surface area contributed by atoms with E-state index in [0.717, 1.165) is 19.3 Å². The summed E-state index contributed by atoms with van der Waals surface area (Å²) in [7, 11) is 0. The highest BCUT2D eigenvalue weighted by Crippen LogP contribution is 2.64. The summed E-state index contributed by atoms with van der Waals surface area (Å²) in [5.74, 6) is -1.81. The molecule has 0 amide bonds. The van der Waals surface area contributed by atoms with E-state index in [2.05, 4.69) is 6.92 Å². The van der Waals surface area contributed by atoms with E-state index in [1.807, 2.05) is 13.0 Å². The molecule has 0 aliphatic heterocycles. The molecule has 0 N–H and O–H groups in total. The molecule has 7 atom stereocenters. The van der Waals surface area contributed by atoms with E-state index < -0.39 is 35.7 Å². The van der Waals surface area contributed by atoms with Crippen LogP contribution in [0.4, 0.5) is 13.2 Å². The van der Waals surface area contributed by atoms with Crippen molar-refractivity contribution in [2.24, 2.45) is 28.6 Å². The lowest BCUT2D eigenvalue weighted by Crippen LogP contribution is -2.55. The molecule has 0 radical (unpaired) electrons. The van der Waals surface area contributed by atoms with Crippen molar-refractivity contribution in [2.75, 3.05) is 0 Å². The number of alkyl halides is 3. The van der Waals surface area contributed by atoms with Gasteiger partial charge in [0.05, 0.1) is 0 Å². The van der Waals surface area contributed by atoms with E-state index in [1.54, 1.807) is 0 Å². The molecule has 172 valence electrons. The highest BCUT2D eigenvalue weighted by Gasteiger charge is 2.61. The van der Waals surface area contributed by atoms with Crippen LogP contribution >= 0.6 is 0 Å². The van der Waals surface area contributed by atoms with Gasteiger partial charge in [-0.15, -0.1) is 0 Å². The minimum Gasteiger partial charge on any atom is -0.458 e. The zero-order chi connectivity index (χ0) is 22.8. The number of Topliss-reactive ketones (excluding diaryl/α,β-unsaturated/α-hetero) is 1. The maximum Gasteiger partial charge on any atom is 0.490 e. The van der Waals surface area contributed by atoms with Gasteiger partial charge in [0.1, 0.15) is 11.9 Å². The zero-order valence-corrected chi connectivity index (χ0v) is 18.1. The van der Waals surface area contributed by atoms with E-state index in [4.69, 9.17) is 9.47 Å². The standard InChI is InChI=1S/C23H29F3O5/c1-12(27)30-17-9-11-21(2)15-8-10-22(3)14(6-7-18(22)28)13(15)4-5-16(21)19(17)31-20(29)23(24,25)26/h5,13-15,17,19H,4,6-11H2,1-3H3/t13-,14-,15+,17?,19?,21+,22-/m0/s1. The molecule has 4 aliphatic carbocycles. The molecule has 0 saturated heterocycles. The van der Waals surface area contributed by atoms with Crippen molar-refractivity contribution in [1.82, 2.24) is 0 Å². The molecular formula is C23H29F3O5. The normalized spacial score (nSPS) is 42.1. The number of rotatable bonds is 2. The van der Waals surface area contributed by atoms with Crippen LogP contribution in [-0.2, 0) is 23.9 Å². The van der Waals surface area contributed by atoms with Crippen LogP contribution in [0.2, 0.25) is 0 Å².